The second kappa shape index (κ2) is 8.87. The summed E-state index contributed by atoms with van der Waals surface area (Å²) in [6, 6.07) is 15.7. The fourth-order valence-corrected chi connectivity index (χ4v) is 3.84. The second-order valence-corrected chi connectivity index (χ2v) is 14.2. The SMILES string of the molecule is C[Si](C)(C)CCOCn1nccc1-c1ccc(Oc2ccc3nc(O)ccc3c2)nc1. The first-order valence-corrected chi connectivity index (χ1v) is 13.9. The lowest BCUT2D eigenvalue weighted by molar-refractivity contribution is 0.0798. The van der Waals surface area contributed by atoms with Gasteiger partial charge in [-0.15, -0.1) is 0 Å². The first-order valence-electron chi connectivity index (χ1n) is 10.2. The van der Waals surface area contributed by atoms with Gasteiger partial charge in [-0.05, 0) is 42.4 Å². The van der Waals surface area contributed by atoms with Gasteiger partial charge in [0.1, 0.15) is 12.5 Å². The van der Waals surface area contributed by atoms with Gasteiger partial charge < -0.3 is 14.6 Å². The van der Waals surface area contributed by atoms with E-state index < -0.39 is 8.07 Å². The molecule has 0 amide bonds. The molecule has 0 bridgehead atoms. The minimum atomic E-state index is -1.11. The summed E-state index contributed by atoms with van der Waals surface area (Å²) in [5.74, 6) is 1.15. The van der Waals surface area contributed by atoms with Gasteiger partial charge in [-0.25, -0.2) is 14.6 Å². The summed E-state index contributed by atoms with van der Waals surface area (Å²) in [5.41, 5.74) is 2.59. The van der Waals surface area contributed by atoms with E-state index in [0.717, 1.165) is 29.3 Å². The van der Waals surface area contributed by atoms with Crippen LogP contribution in [0.25, 0.3) is 22.2 Å². The molecule has 4 aromatic rings. The molecule has 0 fully saturated rings. The second-order valence-electron chi connectivity index (χ2n) is 8.58. The fourth-order valence-electron chi connectivity index (χ4n) is 3.08. The predicted octanol–water partition coefficient (Wildman–Crippen LogP) is 5.30. The zero-order valence-electron chi connectivity index (χ0n) is 17.9. The van der Waals surface area contributed by atoms with Crippen LogP contribution in [0.3, 0.4) is 0 Å². The van der Waals surface area contributed by atoms with Crippen molar-refractivity contribution >= 4 is 19.0 Å². The molecule has 7 nitrogen and oxygen atoms in total. The lowest BCUT2D eigenvalue weighted by Gasteiger charge is -2.16. The average molecular weight is 435 g/mol. The maximum Gasteiger partial charge on any atom is 0.219 e. The van der Waals surface area contributed by atoms with Crippen LogP contribution >= 0.6 is 0 Å². The number of aromatic nitrogens is 4. The number of ether oxygens (including phenoxy) is 2. The Morgan fingerprint density at radius 1 is 1.03 bits per heavy atom. The molecule has 0 spiro atoms. The van der Waals surface area contributed by atoms with Crippen molar-refractivity contribution in [2.24, 2.45) is 0 Å². The molecule has 1 aromatic carbocycles. The Balaban J connectivity index is 1.42. The van der Waals surface area contributed by atoms with E-state index in [1.807, 2.05) is 28.9 Å². The Morgan fingerprint density at radius 2 is 1.90 bits per heavy atom. The van der Waals surface area contributed by atoms with Gasteiger partial charge in [0.15, 0.2) is 0 Å². The Morgan fingerprint density at radius 3 is 2.68 bits per heavy atom. The van der Waals surface area contributed by atoms with Gasteiger partial charge in [0.05, 0.1) is 11.2 Å². The molecule has 0 aliphatic carbocycles. The topological polar surface area (TPSA) is 82.3 Å². The van der Waals surface area contributed by atoms with Crippen molar-refractivity contribution in [2.75, 3.05) is 6.61 Å². The first-order chi connectivity index (χ1) is 14.9. The summed E-state index contributed by atoms with van der Waals surface area (Å²) in [6.07, 6.45) is 3.54. The van der Waals surface area contributed by atoms with Gasteiger partial charge in [-0.1, -0.05) is 19.6 Å². The lowest BCUT2D eigenvalue weighted by atomic mass is 10.2. The van der Waals surface area contributed by atoms with Crippen molar-refractivity contribution in [3.63, 3.8) is 0 Å². The number of hydrogen-bond acceptors (Lipinski definition) is 6. The van der Waals surface area contributed by atoms with Crippen LogP contribution in [0.5, 0.6) is 17.5 Å². The van der Waals surface area contributed by atoms with E-state index in [4.69, 9.17) is 9.47 Å². The van der Waals surface area contributed by atoms with Crippen LogP contribution in [0.1, 0.15) is 0 Å². The van der Waals surface area contributed by atoms with E-state index >= 15 is 0 Å². The number of fused-ring (bicyclic) bond motifs is 1. The van der Waals surface area contributed by atoms with Crippen LogP contribution in [-0.4, -0.2) is 39.5 Å². The number of pyridine rings is 2. The molecule has 3 aromatic heterocycles. The van der Waals surface area contributed by atoms with E-state index in [9.17, 15) is 5.11 Å². The van der Waals surface area contributed by atoms with Crippen LogP contribution in [0, 0.1) is 0 Å². The summed E-state index contributed by atoms with van der Waals surface area (Å²) < 4.78 is 13.6. The van der Waals surface area contributed by atoms with Gasteiger partial charge >= 0.3 is 0 Å². The highest BCUT2D eigenvalue weighted by molar-refractivity contribution is 6.76. The molecule has 0 radical (unpaired) electrons. The van der Waals surface area contributed by atoms with Crippen LogP contribution in [0.2, 0.25) is 25.7 Å². The fraction of sp³-hybridized carbons (Fsp3) is 0.261. The molecular weight excluding hydrogens is 408 g/mol. The predicted molar refractivity (Wildman–Crippen MR) is 123 cm³/mol. The largest absolute Gasteiger partial charge is 0.493 e. The summed E-state index contributed by atoms with van der Waals surface area (Å²) >= 11 is 0. The van der Waals surface area contributed by atoms with Crippen LogP contribution in [0.4, 0.5) is 0 Å². The van der Waals surface area contributed by atoms with E-state index in [2.05, 4.69) is 34.7 Å². The summed E-state index contributed by atoms with van der Waals surface area (Å²) in [5, 5.41) is 14.7. The number of aromatic hydroxyl groups is 1. The molecule has 0 unspecified atom stereocenters. The van der Waals surface area contributed by atoms with Crippen LogP contribution in [0.15, 0.2) is 60.9 Å². The van der Waals surface area contributed by atoms with E-state index in [0.29, 0.717) is 23.9 Å². The number of rotatable bonds is 8. The van der Waals surface area contributed by atoms with E-state index in [1.54, 1.807) is 36.7 Å². The molecule has 3 heterocycles. The molecular formula is C23H26N4O3Si. The molecule has 0 atom stereocenters. The molecule has 4 rings (SSSR count). The Kier molecular flexibility index (Phi) is 6.01. The summed E-state index contributed by atoms with van der Waals surface area (Å²) in [4.78, 5) is 8.52. The Labute approximate surface area is 182 Å². The summed E-state index contributed by atoms with van der Waals surface area (Å²) in [6.45, 7) is 8.19. The van der Waals surface area contributed by atoms with Gasteiger partial charge in [-0.3, -0.25) is 0 Å². The van der Waals surface area contributed by atoms with Crippen molar-refractivity contribution in [1.82, 2.24) is 19.7 Å². The zero-order chi connectivity index (χ0) is 21.8. The Bertz CT molecular complexity index is 1170. The minimum Gasteiger partial charge on any atom is -0.493 e. The number of hydrogen-bond donors (Lipinski definition) is 1. The molecule has 0 aliphatic rings. The standard InChI is InChI=1S/C23H26N4O3Si/c1-31(2,3)13-12-29-16-27-21(10-11-25-27)18-5-9-23(24-15-18)30-19-6-7-20-17(14-19)4-8-22(28)26-20/h4-11,14-15H,12-13,16H2,1-3H3,(H,26,28). The zero-order valence-corrected chi connectivity index (χ0v) is 18.9. The molecule has 0 aliphatic heterocycles. The van der Waals surface area contributed by atoms with Crippen molar-refractivity contribution < 1.29 is 14.6 Å². The highest BCUT2D eigenvalue weighted by Crippen LogP contribution is 2.26. The molecule has 0 saturated heterocycles. The highest BCUT2D eigenvalue weighted by atomic mass is 28.3. The number of nitrogens with zero attached hydrogens (tertiary/aromatic N) is 4. The van der Waals surface area contributed by atoms with Gasteiger partial charge in [-0.2, -0.15) is 5.10 Å². The van der Waals surface area contributed by atoms with E-state index in [-0.39, 0.29) is 5.88 Å². The lowest BCUT2D eigenvalue weighted by Crippen LogP contribution is -2.22. The third-order valence-corrected chi connectivity index (χ3v) is 6.53. The Hall–Kier alpha value is -3.23. The van der Waals surface area contributed by atoms with Crippen LogP contribution < -0.4 is 4.74 Å². The van der Waals surface area contributed by atoms with Crippen molar-refractivity contribution in [2.45, 2.75) is 32.4 Å². The van der Waals surface area contributed by atoms with Gasteiger partial charge in [0.25, 0.3) is 0 Å². The summed E-state index contributed by atoms with van der Waals surface area (Å²) in [7, 11) is -1.11. The van der Waals surface area contributed by atoms with Gasteiger partial charge in [0.2, 0.25) is 11.8 Å². The van der Waals surface area contributed by atoms with Gasteiger partial charge in [0, 0.05) is 50.2 Å². The minimum absolute atomic E-state index is 0.000816. The molecule has 0 saturated carbocycles. The number of benzene rings is 1. The molecule has 160 valence electrons. The third-order valence-electron chi connectivity index (χ3n) is 4.83. The maximum atomic E-state index is 9.49. The average Bonchev–Trinajstić information content (AvgIpc) is 3.20. The van der Waals surface area contributed by atoms with E-state index in [1.165, 1.54) is 0 Å². The van der Waals surface area contributed by atoms with Crippen LogP contribution in [-0.2, 0) is 11.5 Å². The van der Waals surface area contributed by atoms with Crippen molar-refractivity contribution in [1.29, 1.82) is 0 Å². The normalized spacial score (nSPS) is 11.7. The molecule has 31 heavy (non-hydrogen) atoms. The highest BCUT2D eigenvalue weighted by Gasteiger charge is 2.13. The van der Waals surface area contributed by atoms with Crippen molar-refractivity contribution in [3.05, 3.63) is 60.9 Å². The molecule has 1 N–H and O–H groups in total. The monoisotopic (exact) mass is 434 g/mol. The maximum absolute atomic E-state index is 9.49. The smallest absolute Gasteiger partial charge is 0.219 e. The molecule has 8 heteroatoms. The third kappa shape index (κ3) is 5.47. The quantitative estimate of drug-likeness (QED) is 0.299. The first kappa shape index (κ1) is 21.0. The van der Waals surface area contributed by atoms with Crippen molar-refractivity contribution in [3.8, 4) is 28.8 Å².